The molecular formula is C21H39P2+. The average molecular weight is 353 g/mol. The highest BCUT2D eigenvalue weighted by Gasteiger charge is 2.35. The molecule has 0 bridgehead atoms. The Kier molecular flexibility index (Phi) is 13.0. The Bertz CT molecular complexity index is 404. The largest absolute Gasteiger partial charge is 0.153 e. The van der Waals surface area contributed by atoms with Gasteiger partial charge in [0.15, 0.2) is 0 Å². The van der Waals surface area contributed by atoms with Crippen molar-refractivity contribution in [2.24, 2.45) is 0 Å². The molecule has 1 aromatic carbocycles. The summed E-state index contributed by atoms with van der Waals surface area (Å²) in [5, 5.41) is 0. The van der Waals surface area contributed by atoms with Gasteiger partial charge in [0.2, 0.25) is 0 Å². The molecule has 2 heteroatoms. The lowest BCUT2D eigenvalue weighted by Crippen LogP contribution is -2.12. The van der Waals surface area contributed by atoms with E-state index < -0.39 is 7.26 Å². The first-order chi connectivity index (χ1) is 10.7. The number of unbranched alkanes of at least 4 members (excludes halogenated alkanes) is 3. The molecule has 0 aliphatic carbocycles. The van der Waals surface area contributed by atoms with Crippen LogP contribution in [-0.4, -0.2) is 18.5 Å². The summed E-state index contributed by atoms with van der Waals surface area (Å²) >= 11 is 0. The zero-order chi connectivity index (χ0) is 16.3. The Morgan fingerprint density at radius 3 is 1.78 bits per heavy atom. The first-order valence-electron chi connectivity index (χ1n) is 9.26. The molecule has 1 unspecified atom stereocenters. The van der Waals surface area contributed by atoms with Crippen molar-refractivity contribution in [2.45, 2.75) is 65.5 Å². The van der Waals surface area contributed by atoms with Crippen molar-refractivity contribution in [2.75, 3.05) is 18.5 Å². The van der Waals surface area contributed by atoms with Crippen molar-refractivity contribution in [3.8, 4) is 0 Å². The molecule has 0 aliphatic heterocycles. The molecule has 0 saturated heterocycles. The van der Waals surface area contributed by atoms with Crippen molar-refractivity contribution in [1.82, 2.24) is 0 Å². The molecule has 0 aromatic heterocycles. The van der Waals surface area contributed by atoms with Crippen LogP contribution in [-0.2, 0) is 6.16 Å². The Morgan fingerprint density at radius 2 is 1.35 bits per heavy atom. The smallest absolute Gasteiger partial charge is 0.0848 e. The molecule has 1 aromatic rings. The number of hydrogen-bond donors (Lipinski definition) is 0. The highest BCUT2D eigenvalue weighted by molar-refractivity contribution is 7.75. The van der Waals surface area contributed by atoms with E-state index in [0.29, 0.717) is 0 Å². The molecule has 0 spiro atoms. The minimum Gasteiger partial charge on any atom is -0.153 e. The third kappa shape index (κ3) is 7.96. The molecule has 0 radical (unpaired) electrons. The summed E-state index contributed by atoms with van der Waals surface area (Å²) in [5.41, 5.74) is 2.91. The highest BCUT2D eigenvalue weighted by Crippen LogP contribution is 2.63. The van der Waals surface area contributed by atoms with Gasteiger partial charge in [-0.2, -0.15) is 9.90 Å². The fraction of sp³-hybridized carbons (Fsp3) is 0.619. The topological polar surface area (TPSA) is 0 Å². The fourth-order valence-corrected chi connectivity index (χ4v) is 8.41. The van der Waals surface area contributed by atoms with Gasteiger partial charge >= 0.3 is 0 Å². The van der Waals surface area contributed by atoms with E-state index in [0.717, 1.165) is 0 Å². The molecule has 0 nitrogen and oxygen atoms in total. The number of rotatable bonds is 12. The van der Waals surface area contributed by atoms with Gasteiger partial charge in [0.05, 0.1) is 24.6 Å². The third-order valence-electron chi connectivity index (χ3n) is 4.74. The predicted octanol–water partition coefficient (Wildman–Crippen LogP) is 7.31. The summed E-state index contributed by atoms with van der Waals surface area (Å²) in [7, 11) is -0.856. The van der Waals surface area contributed by atoms with Crippen LogP contribution in [0.5, 0.6) is 0 Å². The Labute approximate surface area is 149 Å². The number of benzene rings is 1. The lowest BCUT2D eigenvalue weighted by Gasteiger charge is -2.28. The second-order valence-corrected chi connectivity index (χ2v) is 11.0. The van der Waals surface area contributed by atoms with Gasteiger partial charge in [-0.25, -0.2) is 0 Å². The van der Waals surface area contributed by atoms with Crippen LogP contribution in [0.2, 0.25) is 0 Å². The Balaban J connectivity index is 0.00000484. The molecule has 0 amide bonds. The molecule has 0 heterocycles. The zero-order valence-electron chi connectivity index (χ0n) is 15.8. The van der Waals surface area contributed by atoms with Gasteiger partial charge < -0.3 is 0 Å². The molecule has 0 aliphatic rings. The standard InChI is InChI=1S/C21H36P.H3P/c1-5-9-16-22(17-10-6-2,18-11-7-3)19-21-15-13-12-14-20(21)8-4;/h8,12-15H,4-7,9-11,16-19H2,1-3H3;1H3/q+1;. The average Bonchev–Trinajstić information content (AvgIpc) is 2.56. The van der Waals surface area contributed by atoms with Crippen LogP contribution in [0.25, 0.3) is 6.08 Å². The molecule has 1 rings (SSSR count). The van der Waals surface area contributed by atoms with Gasteiger partial charge in [0, 0.05) is 7.26 Å². The molecule has 132 valence electrons. The summed E-state index contributed by atoms with van der Waals surface area (Å²) in [4.78, 5) is 0. The van der Waals surface area contributed by atoms with Crippen LogP contribution < -0.4 is 0 Å². The van der Waals surface area contributed by atoms with Gasteiger partial charge in [0.25, 0.3) is 0 Å². The molecule has 23 heavy (non-hydrogen) atoms. The summed E-state index contributed by atoms with van der Waals surface area (Å²) < 4.78 is 0. The summed E-state index contributed by atoms with van der Waals surface area (Å²) in [6.07, 6.45) is 16.1. The fourth-order valence-electron chi connectivity index (χ4n) is 3.29. The molecule has 0 saturated carbocycles. The quantitative estimate of drug-likeness (QED) is 0.346. The second kappa shape index (κ2) is 13.1. The van der Waals surface area contributed by atoms with Crippen molar-refractivity contribution in [3.63, 3.8) is 0 Å². The van der Waals surface area contributed by atoms with Gasteiger partial charge in [-0.3, -0.25) is 0 Å². The third-order valence-corrected chi connectivity index (χ3v) is 9.55. The van der Waals surface area contributed by atoms with E-state index in [1.165, 1.54) is 68.7 Å². The van der Waals surface area contributed by atoms with Crippen molar-refractivity contribution >= 4 is 23.2 Å². The van der Waals surface area contributed by atoms with Crippen molar-refractivity contribution in [1.29, 1.82) is 0 Å². The van der Waals surface area contributed by atoms with E-state index in [2.05, 4.69) is 51.6 Å². The molecular weight excluding hydrogens is 314 g/mol. The van der Waals surface area contributed by atoms with Crippen molar-refractivity contribution in [3.05, 3.63) is 42.0 Å². The normalized spacial score (nSPS) is 11.1. The monoisotopic (exact) mass is 353 g/mol. The van der Waals surface area contributed by atoms with Gasteiger partial charge in [-0.15, -0.1) is 0 Å². The van der Waals surface area contributed by atoms with Crippen LogP contribution in [0.1, 0.15) is 70.4 Å². The molecule has 0 fully saturated rings. The van der Waals surface area contributed by atoms with E-state index in [9.17, 15) is 0 Å². The van der Waals surface area contributed by atoms with E-state index >= 15 is 0 Å². The maximum absolute atomic E-state index is 4.02. The Hall–Kier alpha value is -0.180. The first kappa shape index (κ1) is 22.8. The van der Waals surface area contributed by atoms with Crippen LogP contribution in [0.15, 0.2) is 30.8 Å². The highest BCUT2D eigenvalue weighted by atomic mass is 31.2. The molecule has 0 N–H and O–H groups in total. The van der Waals surface area contributed by atoms with Gasteiger partial charge in [-0.1, -0.05) is 77.0 Å². The number of hydrogen-bond acceptors (Lipinski definition) is 0. The maximum Gasteiger partial charge on any atom is 0.0848 e. The Morgan fingerprint density at radius 1 is 0.870 bits per heavy atom. The van der Waals surface area contributed by atoms with E-state index in [1.54, 1.807) is 5.56 Å². The van der Waals surface area contributed by atoms with Gasteiger partial charge in [0.1, 0.15) is 0 Å². The van der Waals surface area contributed by atoms with Crippen LogP contribution in [0.4, 0.5) is 0 Å². The molecule has 1 atom stereocenters. The van der Waals surface area contributed by atoms with Crippen LogP contribution in [0.3, 0.4) is 0 Å². The predicted molar refractivity (Wildman–Crippen MR) is 118 cm³/mol. The lowest BCUT2D eigenvalue weighted by molar-refractivity contribution is 0.832. The minimum absolute atomic E-state index is 0. The van der Waals surface area contributed by atoms with Crippen LogP contribution >= 0.6 is 17.2 Å². The minimum atomic E-state index is -0.856. The zero-order valence-corrected chi connectivity index (χ0v) is 18.1. The van der Waals surface area contributed by atoms with E-state index in [1.807, 2.05) is 6.08 Å². The van der Waals surface area contributed by atoms with Crippen LogP contribution in [0, 0.1) is 0 Å². The SMILES string of the molecule is C=Cc1ccccc1C[P+](CCCC)(CCCC)CCCC.P. The summed E-state index contributed by atoms with van der Waals surface area (Å²) in [6.45, 7) is 11.0. The van der Waals surface area contributed by atoms with Crippen molar-refractivity contribution < 1.29 is 0 Å². The first-order valence-corrected chi connectivity index (χ1v) is 11.8. The maximum atomic E-state index is 4.02. The summed E-state index contributed by atoms with van der Waals surface area (Å²) in [6, 6.07) is 8.92. The lowest BCUT2D eigenvalue weighted by atomic mass is 10.1. The van der Waals surface area contributed by atoms with Gasteiger partial charge in [-0.05, 0) is 30.4 Å². The summed E-state index contributed by atoms with van der Waals surface area (Å²) in [5.74, 6) is 0. The second-order valence-electron chi connectivity index (χ2n) is 6.63. The van der Waals surface area contributed by atoms with E-state index in [4.69, 9.17) is 0 Å². The van der Waals surface area contributed by atoms with E-state index in [-0.39, 0.29) is 9.90 Å².